The fourth-order valence-electron chi connectivity index (χ4n) is 1.71. The van der Waals surface area contributed by atoms with Gasteiger partial charge in [-0.05, 0) is 31.3 Å². The summed E-state index contributed by atoms with van der Waals surface area (Å²) >= 11 is 11.0. The largest absolute Gasteiger partial charge is 0.324 e. The second-order valence-electron chi connectivity index (χ2n) is 3.89. The van der Waals surface area contributed by atoms with Gasteiger partial charge in [0, 0.05) is 6.54 Å². The van der Waals surface area contributed by atoms with Crippen molar-refractivity contribution in [2.45, 2.75) is 19.9 Å². The Morgan fingerprint density at radius 1 is 1.53 bits per heavy atom. The van der Waals surface area contributed by atoms with E-state index >= 15 is 0 Å². The van der Waals surface area contributed by atoms with Gasteiger partial charge in [0.05, 0.1) is 17.1 Å². The highest BCUT2D eigenvalue weighted by atomic mass is 35.5. The van der Waals surface area contributed by atoms with Gasteiger partial charge in [0.1, 0.15) is 5.82 Å². The molecule has 0 saturated heterocycles. The third kappa shape index (κ3) is 3.21. The van der Waals surface area contributed by atoms with Gasteiger partial charge in [-0.3, -0.25) is 9.89 Å². The van der Waals surface area contributed by atoms with Gasteiger partial charge >= 0.3 is 0 Å². The monoisotopic (exact) mass is 296 g/mol. The Kier molecular flexibility index (Phi) is 4.34. The van der Waals surface area contributed by atoms with Crippen LogP contribution in [0.3, 0.4) is 0 Å². The number of aromatic nitrogens is 3. The van der Waals surface area contributed by atoms with Crippen LogP contribution in [0.2, 0.25) is 5.02 Å². The minimum atomic E-state index is -0.184. The highest BCUT2D eigenvalue weighted by molar-refractivity contribution is 7.71. The first-order chi connectivity index (χ1) is 9.11. The van der Waals surface area contributed by atoms with Crippen LogP contribution in [0.1, 0.15) is 12.7 Å². The smallest absolute Gasteiger partial charge is 0.232 e. The molecule has 2 aromatic rings. The number of hydrogen-bond donors (Lipinski definition) is 2. The number of H-pyrrole nitrogens is 1. The molecule has 0 aliphatic heterocycles. The van der Waals surface area contributed by atoms with Crippen LogP contribution < -0.4 is 5.32 Å². The van der Waals surface area contributed by atoms with Gasteiger partial charge in [-0.15, -0.1) is 0 Å². The minimum Gasteiger partial charge on any atom is -0.324 e. The molecule has 0 spiro atoms. The molecule has 1 aromatic carbocycles. The van der Waals surface area contributed by atoms with Gasteiger partial charge in [-0.1, -0.05) is 23.7 Å². The van der Waals surface area contributed by atoms with Crippen molar-refractivity contribution in [1.29, 1.82) is 0 Å². The van der Waals surface area contributed by atoms with Crippen molar-refractivity contribution in [3.63, 3.8) is 0 Å². The number of hydrogen-bond acceptors (Lipinski definition) is 3. The molecule has 2 rings (SSSR count). The summed E-state index contributed by atoms with van der Waals surface area (Å²) in [5.41, 5.74) is 0.589. The molecular weight excluding hydrogens is 284 g/mol. The molecule has 0 saturated carbocycles. The summed E-state index contributed by atoms with van der Waals surface area (Å²) in [6.07, 6.45) is 0.145. The lowest BCUT2D eigenvalue weighted by Gasteiger charge is -2.07. The van der Waals surface area contributed by atoms with E-state index in [9.17, 15) is 4.79 Å². The van der Waals surface area contributed by atoms with Gasteiger partial charge in [-0.25, -0.2) is 0 Å². The van der Waals surface area contributed by atoms with Crippen molar-refractivity contribution in [1.82, 2.24) is 14.8 Å². The molecule has 0 atom stereocenters. The predicted molar refractivity (Wildman–Crippen MR) is 76.9 cm³/mol. The summed E-state index contributed by atoms with van der Waals surface area (Å²) in [6.45, 7) is 2.62. The van der Waals surface area contributed by atoms with Crippen LogP contribution in [0.15, 0.2) is 24.3 Å². The lowest BCUT2D eigenvalue weighted by Crippen LogP contribution is -2.17. The Hall–Kier alpha value is -1.66. The van der Waals surface area contributed by atoms with E-state index in [1.807, 2.05) is 13.0 Å². The van der Waals surface area contributed by atoms with E-state index in [2.05, 4.69) is 15.5 Å². The Morgan fingerprint density at radius 3 is 2.95 bits per heavy atom. The van der Waals surface area contributed by atoms with Crippen LogP contribution in [0.4, 0.5) is 5.69 Å². The second-order valence-corrected chi connectivity index (χ2v) is 4.69. The van der Waals surface area contributed by atoms with E-state index in [1.54, 1.807) is 22.8 Å². The minimum absolute atomic E-state index is 0.145. The molecule has 5 nitrogen and oxygen atoms in total. The number of halogens is 1. The molecule has 2 N–H and O–H groups in total. The second kappa shape index (κ2) is 5.99. The van der Waals surface area contributed by atoms with Gasteiger partial charge in [0.25, 0.3) is 0 Å². The van der Waals surface area contributed by atoms with Crippen LogP contribution in [-0.2, 0) is 17.8 Å². The number of nitrogens with zero attached hydrogens (tertiary/aromatic N) is 2. The maximum Gasteiger partial charge on any atom is 0.232 e. The quantitative estimate of drug-likeness (QED) is 0.853. The predicted octanol–water partition coefficient (Wildman–Crippen LogP) is 2.80. The lowest BCUT2D eigenvalue weighted by molar-refractivity contribution is -0.115. The summed E-state index contributed by atoms with van der Waals surface area (Å²) < 4.78 is 2.30. The molecule has 0 aliphatic carbocycles. The van der Waals surface area contributed by atoms with E-state index < -0.39 is 0 Å². The van der Waals surface area contributed by atoms with Gasteiger partial charge in [0.15, 0.2) is 4.77 Å². The van der Waals surface area contributed by atoms with Crippen molar-refractivity contribution in [2.24, 2.45) is 0 Å². The SMILES string of the molecule is CCn1c(CC(=O)Nc2ccccc2Cl)n[nH]c1=S. The number of nitrogens with one attached hydrogen (secondary N) is 2. The summed E-state index contributed by atoms with van der Waals surface area (Å²) in [6, 6.07) is 7.08. The molecule has 0 bridgehead atoms. The van der Waals surface area contributed by atoms with Crippen molar-refractivity contribution >= 4 is 35.4 Å². The number of aromatic amines is 1. The standard InChI is InChI=1S/C12H13ClN4OS/c1-2-17-10(15-16-12(17)19)7-11(18)14-9-6-4-3-5-8(9)13/h3-6H,2,7H2,1H3,(H,14,18)(H,16,19). The lowest BCUT2D eigenvalue weighted by atomic mass is 10.3. The van der Waals surface area contributed by atoms with E-state index in [-0.39, 0.29) is 12.3 Å². The first kappa shape index (κ1) is 13.8. The molecule has 0 radical (unpaired) electrons. The fraction of sp³-hybridized carbons (Fsp3) is 0.250. The molecule has 7 heteroatoms. The molecule has 0 aliphatic rings. The average molecular weight is 297 g/mol. The molecule has 19 heavy (non-hydrogen) atoms. The van der Waals surface area contributed by atoms with Crippen LogP contribution in [0.25, 0.3) is 0 Å². The number of carbonyl (C=O) groups is 1. The molecule has 1 amide bonds. The topological polar surface area (TPSA) is 62.7 Å². The Labute approximate surface area is 120 Å². The van der Waals surface area contributed by atoms with Crippen LogP contribution in [-0.4, -0.2) is 20.7 Å². The van der Waals surface area contributed by atoms with Crippen molar-refractivity contribution in [3.8, 4) is 0 Å². The van der Waals surface area contributed by atoms with Crippen molar-refractivity contribution in [2.75, 3.05) is 5.32 Å². The van der Waals surface area contributed by atoms with Gasteiger partial charge in [-0.2, -0.15) is 5.10 Å². The Bertz CT molecular complexity index is 649. The highest BCUT2D eigenvalue weighted by Gasteiger charge is 2.11. The summed E-state index contributed by atoms with van der Waals surface area (Å²) in [4.78, 5) is 11.9. The number of rotatable bonds is 4. The Morgan fingerprint density at radius 2 is 2.26 bits per heavy atom. The molecule has 0 unspecified atom stereocenters. The van der Waals surface area contributed by atoms with E-state index in [1.165, 1.54) is 0 Å². The van der Waals surface area contributed by atoms with Gasteiger partial charge < -0.3 is 9.88 Å². The molecule has 1 heterocycles. The van der Waals surface area contributed by atoms with Gasteiger partial charge in [0.2, 0.25) is 5.91 Å². The van der Waals surface area contributed by atoms with Crippen molar-refractivity contribution in [3.05, 3.63) is 39.9 Å². The zero-order chi connectivity index (χ0) is 13.8. The molecular formula is C12H13ClN4OS. The maximum absolute atomic E-state index is 11.9. The zero-order valence-electron chi connectivity index (χ0n) is 10.3. The fourth-order valence-corrected chi connectivity index (χ4v) is 2.18. The number of benzene rings is 1. The zero-order valence-corrected chi connectivity index (χ0v) is 11.9. The van der Waals surface area contributed by atoms with E-state index in [0.717, 1.165) is 0 Å². The third-order valence-corrected chi connectivity index (χ3v) is 3.26. The normalized spacial score (nSPS) is 10.4. The van der Waals surface area contributed by atoms with E-state index in [4.69, 9.17) is 23.8 Å². The van der Waals surface area contributed by atoms with Crippen molar-refractivity contribution < 1.29 is 4.79 Å². The highest BCUT2D eigenvalue weighted by Crippen LogP contribution is 2.20. The Balaban J connectivity index is 2.10. The number of anilines is 1. The summed E-state index contributed by atoms with van der Waals surface area (Å²) in [5, 5.41) is 9.97. The number of carbonyl (C=O) groups excluding carboxylic acids is 1. The summed E-state index contributed by atoms with van der Waals surface area (Å²) in [7, 11) is 0. The first-order valence-corrected chi connectivity index (χ1v) is 6.59. The average Bonchev–Trinajstić information content (AvgIpc) is 2.72. The number of para-hydroxylation sites is 1. The summed E-state index contributed by atoms with van der Waals surface area (Å²) in [5.74, 6) is 0.425. The maximum atomic E-state index is 11.9. The molecule has 0 fully saturated rings. The molecule has 100 valence electrons. The number of amides is 1. The van der Waals surface area contributed by atoms with Crippen LogP contribution in [0.5, 0.6) is 0 Å². The third-order valence-electron chi connectivity index (χ3n) is 2.62. The molecule has 1 aromatic heterocycles. The van der Waals surface area contributed by atoms with Crippen LogP contribution >= 0.6 is 23.8 Å². The van der Waals surface area contributed by atoms with E-state index in [0.29, 0.717) is 27.9 Å². The first-order valence-electron chi connectivity index (χ1n) is 5.80. The van der Waals surface area contributed by atoms with Crippen LogP contribution in [0, 0.1) is 4.77 Å².